The molecule has 0 aliphatic carbocycles. The molecule has 2 heterocycles. The Morgan fingerprint density at radius 3 is 2.58 bits per heavy atom. The number of thiazole rings is 1. The second-order valence-corrected chi connectivity index (χ2v) is 6.73. The van der Waals surface area contributed by atoms with Gasteiger partial charge in [0.2, 0.25) is 0 Å². The van der Waals surface area contributed by atoms with Gasteiger partial charge in [0.25, 0.3) is 5.91 Å². The Kier molecular flexibility index (Phi) is 4.18. The normalized spacial score (nSPS) is 11.0. The predicted octanol–water partition coefficient (Wildman–Crippen LogP) is 5.25. The Labute approximate surface area is 155 Å². The highest BCUT2D eigenvalue weighted by Crippen LogP contribution is 2.31. The summed E-state index contributed by atoms with van der Waals surface area (Å²) < 4.78 is 28.2. The number of fused-ring (bicyclic) bond motifs is 1. The molecule has 0 bridgehead atoms. The van der Waals surface area contributed by atoms with Crippen molar-refractivity contribution in [1.82, 2.24) is 9.38 Å². The third-order valence-electron chi connectivity index (χ3n) is 3.79. The van der Waals surface area contributed by atoms with E-state index in [4.69, 9.17) is 11.6 Å². The Morgan fingerprint density at radius 2 is 1.85 bits per heavy atom. The van der Waals surface area contributed by atoms with Gasteiger partial charge in [-0.25, -0.2) is 13.8 Å². The molecule has 0 atom stereocenters. The minimum Gasteiger partial charge on any atom is -0.306 e. The van der Waals surface area contributed by atoms with Crippen LogP contribution in [-0.4, -0.2) is 15.3 Å². The molecule has 0 unspecified atom stereocenters. The Morgan fingerprint density at radius 1 is 1.12 bits per heavy atom. The van der Waals surface area contributed by atoms with E-state index in [9.17, 15) is 13.6 Å². The number of nitrogens with zero attached hydrogens (tertiary/aromatic N) is 2. The number of anilines is 1. The zero-order valence-corrected chi connectivity index (χ0v) is 14.6. The highest BCUT2D eigenvalue weighted by Gasteiger charge is 2.19. The van der Waals surface area contributed by atoms with E-state index in [2.05, 4.69) is 10.3 Å². The van der Waals surface area contributed by atoms with Crippen LogP contribution in [0.1, 0.15) is 10.4 Å². The quantitative estimate of drug-likeness (QED) is 0.520. The van der Waals surface area contributed by atoms with E-state index in [1.165, 1.54) is 29.5 Å². The maximum absolute atomic E-state index is 13.2. The predicted molar refractivity (Wildman–Crippen MR) is 97.8 cm³/mol. The molecular weight excluding hydrogens is 380 g/mol. The number of hydrogen-bond acceptors (Lipinski definition) is 3. The fourth-order valence-electron chi connectivity index (χ4n) is 2.56. The molecule has 130 valence electrons. The standard InChI is InChI=1S/C18H10ClF2N3OS/c19-14-9-12(21)5-6-13(14)17(25)23-16-15(10-1-3-11(20)4-2-10)22-18-24(16)7-8-26-18/h1-9H,(H,23,25). The fourth-order valence-corrected chi connectivity index (χ4v) is 3.53. The molecule has 2 aromatic carbocycles. The van der Waals surface area contributed by atoms with Crippen molar-refractivity contribution in [3.63, 3.8) is 0 Å². The average Bonchev–Trinajstić information content (AvgIpc) is 3.18. The van der Waals surface area contributed by atoms with Crippen LogP contribution in [0.2, 0.25) is 5.02 Å². The molecule has 0 saturated heterocycles. The molecule has 4 aromatic rings. The van der Waals surface area contributed by atoms with Crippen molar-refractivity contribution in [1.29, 1.82) is 0 Å². The van der Waals surface area contributed by atoms with Gasteiger partial charge in [-0.2, -0.15) is 0 Å². The topological polar surface area (TPSA) is 46.4 Å². The summed E-state index contributed by atoms with van der Waals surface area (Å²) in [6, 6.07) is 9.38. The summed E-state index contributed by atoms with van der Waals surface area (Å²) >= 11 is 7.37. The Bertz CT molecular complexity index is 1120. The molecule has 0 saturated carbocycles. The summed E-state index contributed by atoms with van der Waals surface area (Å²) in [4.78, 5) is 17.8. The van der Waals surface area contributed by atoms with E-state index in [-0.39, 0.29) is 16.4 Å². The second-order valence-electron chi connectivity index (χ2n) is 5.45. The van der Waals surface area contributed by atoms with Crippen LogP contribution < -0.4 is 5.32 Å². The number of imidazole rings is 1. The maximum Gasteiger partial charge on any atom is 0.258 e. The van der Waals surface area contributed by atoms with Gasteiger partial charge in [0.15, 0.2) is 4.96 Å². The van der Waals surface area contributed by atoms with Gasteiger partial charge in [0.1, 0.15) is 23.1 Å². The number of benzene rings is 2. The molecule has 26 heavy (non-hydrogen) atoms. The van der Waals surface area contributed by atoms with E-state index < -0.39 is 11.7 Å². The minimum absolute atomic E-state index is 0.0110. The third-order valence-corrected chi connectivity index (χ3v) is 4.86. The maximum atomic E-state index is 13.2. The first-order valence-corrected chi connectivity index (χ1v) is 8.76. The van der Waals surface area contributed by atoms with Crippen LogP contribution in [0.25, 0.3) is 16.2 Å². The molecule has 2 aromatic heterocycles. The van der Waals surface area contributed by atoms with Gasteiger partial charge in [0.05, 0.1) is 10.6 Å². The van der Waals surface area contributed by atoms with Gasteiger partial charge in [-0.15, -0.1) is 11.3 Å². The summed E-state index contributed by atoms with van der Waals surface area (Å²) in [6.07, 6.45) is 1.77. The van der Waals surface area contributed by atoms with Crippen LogP contribution in [0.15, 0.2) is 54.0 Å². The number of carbonyl (C=O) groups excluding carboxylic acids is 1. The highest BCUT2D eigenvalue weighted by atomic mass is 35.5. The lowest BCUT2D eigenvalue weighted by Gasteiger charge is -2.08. The number of aromatic nitrogens is 2. The second kappa shape index (κ2) is 6.51. The van der Waals surface area contributed by atoms with Gasteiger partial charge in [-0.1, -0.05) is 11.6 Å². The highest BCUT2D eigenvalue weighted by molar-refractivity contribution is 7.15. The van der Waals surface area contributed by atoms with Gasteiger partial charge in [-0.3, -0.25) is 9.20 Å². The lowest BCUT2D eigenvalue weighted by atomic mass is 10.1. The third kappa shape index (κ3) is 2.95. The van der Waals surface area contributed by atoms with Crippen LogP contribution in [0.4, 0.5) is 14.6 Å². The summed E-state index contributed by atoms with van der Waals surface area (Å²) in [5.41, 5.74) is 1.30. The van der Waals surface area contributed by atoms with E-state index in [1.807, 2.05) is 5.38 Å². The SMILES string of the molecule is O=C(Nc1c(-c2ccc(F)cc2)nc2sccn12)c1ccc(F)cc1Cl. The molecule has 1 N–H and O–H groups in total. The van der Waals surface area contributed by atoms with Crippen LogP contribution in [0, 0.1) is 11.6 Å². The number of halogens is 3. The number of amides is 1. The molecular formula is C18H10ClF2N3OS. The Hall–Kier alpha value is -2.77. The smallest absolute Gasteiger partial charge is 0.258 e. The van der Waals surface area contributed by atoms with Gasteiger partial charge in [-0.05, 0) is 42.5 Å². The Balaban J connectivity index is 1.77. The van der Waals surface area contributed by atoms with Crippen LogP contribution in [0.3, 0.4) is 0 Å². The summed E-state index contributed by atoms with van der Waals surface area (Å²) in [5, 5.41) is 4.62. The molecule has 0 fully saturated rings. The molecule has 0 spiro atoms. The lowest BCUT2D eigenvalue weighted by molar-refractivity contribution is 0.102. The fraction of sp³-hybridized carbons (Fsp3) is 0. The number of nitrogens with one attached hydrogen (secondary N) is 1. The largest absolute Gasteiger partial charge is 0.306 e. The monoisotopic (exact) mass is 389 g/mol. The minimum atomic E-state index is -0.525. The van der Waals surface area contributed by atoms with Gasteiger partial charge < -0.3 is 5.32 Å². The van der Waals surface area contributed by atoms with E-state index in [0.717, 1.165) is 12.1 Å². The number of hydrogen-bond donors (Lipinski definition) is 1. The number of rotatable bonds is 3. The first-order valence-electron chi connectivity index (χ1n) is 7.51. The van der Waals surface area contributed by atoms with Gasteiger partial charge >= 0.3 is 0 Å². The average molecular weight is 390 g/mol. The number of carbonyl (C=O) groups is 1. The van der Waals surface area contributed by atoms with Crippen molar-refractivity contribution in [3.05, 3.63) is 76.3 Å². The molecule has 0 aliphatic rings. The van der Waals surface area contributed by atoms with Crippen molar-refractivity contribution in [2.24, 2.45) is 0 Å². The lowest BCUT2D eigenvalue weighted by Crippen LogP contribution is -2.14. The van der Waals surface area contributed by atoms with E-state index in [0.29, 0.717) is 22.0 Å². The van der Waals surface area contributed by atoms with Crippen LogP contribution in [0.5, 0.6) is 0 Å². The first kappa shape index (κ1) is 16.7. The van der Waals surface area contributed by atoms with Gasteiger partial charge in [0, 0.05) is 17.1 Å². The first-order chi connectivity index (χ1) is 12.5. The summed E-state index contributed by atoms with van der Waals surface area (Å²) in [7, 11) is 0. The van der Waals surface area contributed by atoms with Crippen molar-refractivity contribution in [2.75, 3.05) is 5.32 Å². The van der Waals surface area contributed by atoms with Crippen molar-refractivity contribution in [3.8, 4) is 11.3 Å². The van der Waals surface area contributed by atoms with Crippen LogP contribution >= 0.6 is 22.9 Å². The van der Waals surface area contributed by atoms with Crippen LogP contribution in [-0.2, 0) is 0 Å². The zero-order valence-electron chi connectivity index (χ0n) is 13.0. The molecule has 4 nitrogen and oxygen atoms in total. The van der Waals surface area contributed by atoms with Crippen molar-refractivity contribution in [2.45, 2.75) is 0 Å². The van der Waals surface area contributed by atoms with E-state index >= 15 is 0 Å². The molecule has 1 amide bonds. The van der Waals surface area contributed by atoms with Crippen molar-refractivity contribution >= 4 is 39.6 Å². The molecule has 8 heteroatoms. The summed E-state index contributed by atoms with van der Waals surface area (Å²) in [6.45, 7) is 0. The van der Waals surface area contributed by atoms with E-state index in [1.54, 1.807) is 22.7 Å². The molecule has 4 rings (SSSR count). The molecule has 0 radical (unpaired) electrons. The van der Waals surface area contributed by atoms with Crippen molar-refractivity contribution < 1.29 is 13.6 Å². The molecule has 0 aliphatic heterocycles. The summed E-state index contributed by atoms with van der Waals surface area (Å²) in [5.74, 6) is -0.953. The zero-order chi connectivity index (χ0) is 18.3.